The number of ether oxygens (including phenoxy) is 1. The molecular weight excluding hydrogens is 294 g/mol. The highest BCUT2D eigenvalue weighted by molar-refractivity contribution is 9.09. The van der Waals surface area contributed by atoms with E-state index in [1.165, 1.54) is 0 Å². The van der Waals surface area contributed by atoms with Gasteiger partial charge in [-0.15, -0.1) is 0 Å². The summed E-state index contributed by atoms with van der Waals surface area (Å²) in [6.45, 7) is 2.83. The maximum absolute atomic E-state index is 12.6. The number of halogens is 1. The van der Waals surface area contributed by atoms with Crippen molar-refractivity contribution < 1.29 is 9.53 Å². The van der Waals surface area contributed by atoms with E-state index in [1.807, 2.05) is 30.0 Å². The molecule has 1 aliphatic rings. The molecule has 4 heteroatoms. The number of hydrogen-bond acceptors (Lipinski definition) is 2. The lowest BCUT2D eigenvalue weighted by Crippen LogP contribution is -2.36. The van der Waals surface area contributed by atoms with Crippen LogP contribution in [-0.2, 0) is 0 Å². The first-order valence-corrected chi connectivity index (χ1v) is 7.31. The summed E-state index contributed by atoms with van der Waals surface area (Å²) in [6.07, 6.45) is 2.15. The average molecular weight is 312 g/mol. The Kier molecular flexibility index (Phi) is 4.27. The summed E-state index contributed by atoms with van der Waals surface area (Å²) in [5.41, 5.74) is 1.75. The van der Waals surface area contributed by atoms with Crippen molar-refractivity contribution in [3.63, 3.8) is 0 Å². The number of benzene rings is 1. The van der Waals surface area contributed by atoms with Crippen LogP contribution in [0.25, 0.3) is 0 Å². The largest absolute Gasteiger partial charge is 0.496 e. The Morgan fingerprint density at radius 1 is 1.56 bits per heavy atom. The van der Waals surface area contributed by atoms with Crippen molar-refractivity contribution in [3.05, 3.63) is 29.3 Å². The van der Waals surface area contributed by atoms with E-state index in [2.05, 4.69) is 15.9 Å². The van der Waals surface area contributed by atoms with Gasteiger partial charge < -0.3 is 9.64 Å². The van der Waals surface area contributed by atoms with E-state index < -0.39 is 0 Å². The third-order valence-electron chi connectivity index (χ3n) is 3.40. The molecule has 1 aromatic carbocycles. The quantitative estimate of drug-likeness (QED) is 0.803. The minimum Gasteiger partial charge on any atom is -0.496 e. The normalized spacial score (nSPS) is 19.1. The number of nitrogens with zero attached hydrogens (tertiary/aromatic N) is 1. The number of amides is 1. The standard InChI is InChI=1S/C14H18BrNO2/c1-10-5-6-13(18-2)12(8-10)14(17)16-7-3-4-11(16)9-15/h5-6,8,11H,3-4,7,9H2,1-2H3. The highest BCUT2D eigenvalue weighted by Crippen LogP contribution is 2.26. The highest BCUT2D eigenvalue weighted by Gasteiger charge is 2.29. The molecule has 18 heavy (non-hydrogen) atoms. The van der Waals surface area contributed by atoms with Gasteiger partial charge in [0.05, 0.1) is 12.7 Å². The van der Waals surface area contributed by atoms with Crippen molar-refractivity contribution >= 4 is 21.8 Å². The molecule has 0 aromatic heterocycles. The second-order valence-electron chi connectivity index (χ2n) is 4.65. The number of hydrogen-bond donors (Lipinski definition) is 0. The Bertz CT molecular complexity index is 447. The van der Waals surface area contributed by atoms with Crippen molar-refractivity contribution in [1.82, 2.24) is 4.90 Å². The molecule has 0 saturated carbocycles. The zero-order chi connectivity index (χ0) is 13.1. The van der Waals surface area contributed by atoms with Gasteiger partial charge in [-0.2, -0.15) is 0 Å². The summed E-state index contributed by atoms with van der Waals surface area (Å²) in [5, 5.41) is 0.840. The molecule has 0 bridgehead atoms. The van der Waals surface area contributed by atoms with Crippen molar-refractivity contribution in [2.75, 3.05) is 19.0 Å². The highest BCUT2D eigenvalue weighted by atomic mass is 79.9. The van der Waals surface area contributed by atoms with Crippen molar-refractivity contribution in [2.24, 2.45) is 0 Å². The lowest BCUT2D eigenvalue weighted by atomic mass is 10.1. The fourth-order valence-corrected chi connectivity index (χ4v) is 3.08. The fourth-order valence-electron chi connectivity index (χ4n) is 2.41. The maximum Gasteiger partial charge on any atom is 0.257 e. The Morgan fingerprint density at radius 2 is 2.33 bits per heavy atom. The van der Waals surface area contributed by atoms with Crippen molar-refractivity contribution in [3.8, 4) is 5.75 Å². The molecule has 98 valence electrons. The topological polar surface area (TPSA) is 29.5 Å². The minimum atomic E-state index is 0.0810. The SMILES string of the molecule is COc1ccc(C)cc1C(=O)N1CCCC1CBr. The zero-order valence-corrected chi connectivity index (χ0v) is 12.4. The summed E-state index contributed by atoms with van der Waals surface area (Å²) < 4.78 is 5.29. The molecule has 0 radical (unpaired) electrons. The lowest BCUT2D eigenvalue weighted by Gasteiger charge is -2.24. The number of rotatable bonds is 3. The Hall–Kier alpha value is -1.03. The Morgan fingerprint density at radius 3 is 3.00 bits per heavy atom. The molecule has 0 N–H and O–H groups in total. The number of carbonyl (C=O) groups is 1. The first-order chi connectivity index (χ1) is 8.67. The summed E-state index contributed by atoms with van der Waals surface area (Å²) >= 11 is 3.48. The van der Waals surface area contributed by atoms with Gasteiger partial charge in [-0.3, -0.25) is 4.79 Å². The van der Waals surface area contributed by atoms with Crippen LogP contribution in [0.5, 0.6) is 5.75 Å². The van der Waals surface area contributed by atoms with Gasteiger partial charge in [0.2, 0.25) is 0 Å². The van der Waals surface area contributed by atoms with Crippen LogP contribution in [0.4, 0.5) is 0 Å². The van der Waals surface area contributed by atoms with Crippen LogP contribution in [0, 0.1) is 6.92 Å². The van der Waals surface area contributed by atoms with Crippen LogP contribution in [-0.4, -0.2) is 35.8 Å². The summed E-state index contributed by atoms with van der Waals surface area (Å²) in [6, 6.07) is 6.04. The first-order valence-electron chi connectivity index (χ1n) is 6.19. The van der Waals surface area contributed by atoms with E-state index in [0.717, 1.165) is 30.3 Å². The molecule has 1 unspecified atom stereocenters. The van der Waals surface area contributed by atoms with Gasteiger partial charge in [-0.1, -0.05) is 27.6 Å². The lowest BCUT2D eigenvalue weighted by molar-refractivity contribution is 0.0747. The molecule has 1 heterocycles. The molecule has 1 atom stereocenters. The minimum absolute atomic E-state index is 0.0810. The fraction of sp³-hybridized carbons (Fsp3) is 0.500. The van der Waals surface area contributed by atoms with Crippen LogP contribution in [0.1, 0.15) is 28.8 Å². The van der Waals surface area contributed by atoms with Crippen molar-refractivity contribution in [1.29, 1.82) is 0 Å². The number of methoxy groups -OCH3 is 1. The summed E-state index contributed by atoms with van der Waals surface area (Å²) in [5.74, 6) is 0.739. The molecule has 1 saturated heterocycles. The smallest absolute Gasteiger partial charge is 0.257 e. The first kappa shape index (κ1) is 13.4. The second-order valence-corrected chi connectivity index (χ2v) is 5.30. The van der Waals surface area contributed by atoms with Crippen LogP contribution in [0.2, 0.25) is 0 Å². The predicted molar refractivity (Wildman–Crippen MR) is 75.6 cm³/mol. The predicted octanol–water partition coefficient (Wildman–Crippen LogP) is 3.00. The number of likely N-dealkylation sites (tertiary alicyclic amines) is 1. The third kappa shape index (κ3) is 2.53. The van der Waals surface area contributed by atoms with Gasteiger partial charge in [0.25, 0.3) is 5.91 Å². The van der Waals surface area contributed by atoms with E-state index in [0.29, 0.717) is 17.4 Å². The molecule has 0 spiro atoms. The monoisotopic (exact) mass is 311 g/mol. The molecule has 2 rings (SSSR count). The van der Waals surface area contributed by atoms with Gasteiger partial charge in [0.1, 0.15) is 5.75 Å². The molecule has 3 nitrogen and oxygen atoms in total. The Labute approximate surface area is 116 Å². The van der Waals surface area contributed by atoms with E-state index in [4.69, 9.17) is 4.74 Å². The second kappa shape index (κ2) is 5.74. The average Bonchev–Trinajstić information content (AvgIpc) is 2.86. The van der Waals surface area contributed by atoms with Gasteiger partial charge in [-0.25, -0.2) is 0 Å². The number of aryl methyl sites for hydroxylation is 1. The third-order valence-corrected chi connectivity index (χ3v) is 4.15. The summed E-state index contributed by atoms with van der Waals surface area (Å²) in [4.78, 5) is 14.5. The number of carbonyl (C=O) groups excluding carboxylic acids is 1. The molecule has 1 aromatic rings. The summed E-state index contributed by atoms with van der Waals surface area (Å²) in [7, 11) is 1.60. The Balaban J connectivity index is 2.30. The van der Waals surface area contributed by atoms with Crippen LogP contribution in [0.15, 0.2) is 18.2 Å². The van der Waals surface area contributed by atoms with Crippen LogP contribution >= 0.6 is 15.9 Å². The van der Waals surface area contributed by atoms with E-state index in [9.17, 15) is 4.79 Å². The molecular formula is C14H18BrNO2. The number of alkyl halides is 1. The zero-order valence-electron chi connectivity index (χ0n) is 10.8. The van der Waals surface area contributed by atoms with Gasteiger partial charge >= 0.3 is 0 Å². The molecule has 1 fully saturated rings. The van der Waals surface area contributed by atoms with Gasteiger partial charge in [-0.05, 0) is 31.9 Å². The van der Waals surface area contributed by atoms with Crippen LogP contribution < -0.4 is 4.74 Å². The van der Waals surface area contributed by atoms with E-state index in [-0.39, 0.29) is 5.91 Å². The molecule has 1 aliphatic heterocycles. The van der Waals surface area contributed by atoms with Gasteiger partial charge in [0.15, 0.2) is 0 Å². The van der Waals surface area contributed by atoms with Gasteiger partial charge in [0, 0.05) is 17.9 Å². The van der Waals surface area contributed by atoms with Crippen LogP contribution in [0.3, 0.4) is 0 Å². The van der Waals surface area contributed by atoms with Crippen molar-refractivity contribution in [2.45, 2.75) is 25.8 Å². The van der Waals surface area contributed by atoms with E-state index in [1.54, 1.807) is 7.11 Å². The molecule has 1 amide bonds. The molecule has 0 aliphatic carbocycles. The maximum atomic E-state index is 12.6. The van der Waals surface area contributed by atoms with E-state index >= 15 is 0 Å².